The maximum absolute atomic E-state index is 13.5. The number of aromatic nitrogens is 2. The van der Waals surface area contributed by atoms with Gasteiger partial charge < -0.3 is 10.0 Å². The predicted molar refractivity (Wildman–Crippen MR) is 136 cm³/mol. The molecule has 3 aromatic rings. The van der Waals surface area contributed by atoms with Crippen molar-refractivity contribution < 1.29 is 9.90 Å². The summed E-state index contributed by atoms with van der Waals surface area (Å²) in [5.74, 6) is 0.184. The molecule has 1 aromatic carbocycles. The monoisotopic (exact) mass is 469 g/mol. The summed E-state index contributed by atoms with van der Waals surface area (Å²) in [6, 6.07) is 10.9. The van der Waals surface area contributed by atoms with Crippen molar-refractivity contribution in [2.75, 3.05) is 13.1 Å². The molecule has 1 N–H and O–H groups in total. The minimum Gasteiger partial charge on any atom is -0.494 e. The molecule has 0 fully saturated rings. The molecule has 178 valence electrons. The fourth-order valence-electron chi connectivity index (χ4n) is 4.28. The third-order valence-electron chi connectivity index (χ3n) is 6.12. The Bertz CT molecular complexity index is 1020. The molecule has 0 aliphatic rings. The zero-order valence-electron chi connectivity index (χ0n) is 19.9. The lowest BCUT2D eigenvalue weighted by molar-refractivity contribution is -0.130. The maximum atomic E-state index is 13.5. The Kier molecular flexibility index (Phi) is 9.61. The van der Waals surface area contributed by atoms with Crippen molar-refractivity contribution in [3.63, 3.8) is 0 Å². The van der Waals surface area contributed by atoms with Crippen molar-refractivity contribution in [1.82, 2.24) is 14.5 Å². The first-order valence-corrected chi connectivity index (χ1v) is 12.7. The molecule has 2 aromatic heterocycles. The van der Waals surface area contributed by atoms with Crippen LogP contribution in [0.2, 0.25) is 5.02 Å². The Hall–Kier alpha value is -2.53. The van der Waals surface area contributed by atoms with Crippen molar-refractivity contribution >= 4 is 28.4 Å². The van der Waals surface area contributed by atoms with E-state index in [9.17, 15) is 9.90 Å². The number of fused-ring (bicyclic) bond motifs is 1. The number of rotatable bonds is 13. The third kappa shape index (κ3) is 6.50. The van der Waals surface area contributed by atoms with Crippen LogP contribution in [0, 0.1) is 0 Å². The molecule has 0 aliphatic heterocycles. The Balaban J connectivity index is 1.89. The van der Waals surface area contributed by atoms with Crippen molar-refractivity contribution in [3.05, 3.63) is 53.3 Å². The SMILES string of the molecule is CCCCCCN(CCCCCC)C(=O)Cc1c2ncccc2c(O)n1-c1ccc(Cl)cc1. The van der Waals surface area contributed by atoms with E-state index in [2.05, 4.69) is 18.8 Å². The molecule has 0 bridgehead atoms. The molecule has 0 unspecified atom stereocenters. The van der Waals surface area contributed by atoms with Gasteiger partial charge in [-0.2, -0.15) is 0 Å². The lowest BCUT2D eigenvalue weighted by atomic mass is 10.1. The maximum Gasteiger partial charge on any atom is 0.228 e. The summed E-state index contributed by atoms with van der Waals surface area (Å²) >= 11 is 6.08. The predicted octanol–water partition coefficient (Wildman–Crippen LogP) is 6.92. The molecule has 0 radical (unpaired) electrons. The van der Waals surface area contributed by atoms with Crippen molar-refractivity contribution in [2.24, 2.45) is 0 Å². The van der Waals surface area contributed by atoms with Gasteiger partial charge in [0.05, 0.1) is 23.0 Å². The molecule has 6 heteroatoms. The standard InChI is InChI=1S/C27H36ClN3O2/c1-3-5-7-9-18-30(19-10-8-6-4-2)25(32)20-24-26-23(12-11-17-29-26)27(33)31(24)22-15-13-21(28)14-16-22/h11-17,33H,3-10,18-20H2,1-2H3. The second kappa shape index (κ2) is 12.6. The minimum absolute atomic E-state index is 0.0864. The summed E-state index contributed by atoms with van der Waals surface area (Å²) in [5.41, 5.74) is 2.13. The van der Waals surface area contributed by atoms with E-state index in [0.29, 0.717) is 21.6 Å². The molecule has 0 aliphatic carbocycles. The van der Waals surface area contributed by atoms with Crippen molar-refractivity contribution in [1.29, 1.82) is 0 Å². The second-order valence-corrected chi connectivity index (χ2v) is 9.10. The van der Waals surface area contributed by atoms with Gasteiger partial charge >= 0.3 is 0 Å². The first-order valence-electron chi connectivity index (χ1n) is 12.3. The summed E-state index contributed by atoms with van der Waals surface area (Å²) in [5, 5.41) is 12.3. The van der Waals surface area contributed by atoms with Crippen molar-refractivity contribution in [2.45, 2.75) is 71.6 Å². The van der Waals surface area contributed by atoms with Gasteiger partial charge in [-0.3, -0.25) is 14.3 Å². The minimum atomic E-state index is 0.0864. The van der Waals surface area contributed by atoms with E-state index in [1.165, 1.54) is 25.7 Å². The zero-order valence-corrected chi connectivity index (χ0v) is 20.7. The third-order valence-corrected chi connectivity index (χ3v) is 6.38. The van der Waals surface area contributed by atoms with Gasteiger partial charge in [-0.25, -0.2) is 0 Å². The number of halogens is 1. The fourth-order valence-corrected chi connectivity index (χ4v) is 4.40. The Morgan fingerprint density at radius 1 is 0.970 bits per heavy atom. The molecular weight excluding hydrogens is 434 g/mol. The molecule has 1 amide bonds. The molecule has 2 heterocycles. The molecule has 5 nitrogen and oxygen atoms in total. The summed E-state index contributed by atoms with van der Waals surface area (Å²) in [7, 11) is 0. The van der Waals surface area contributed by atoms with E-state index in [0.717, 1.165) is 44.5 Å². The van der Waals surface area contributed by atoms with E-state index in [1.807, 2.05) is 23.1 Å². The number of benzene rings is 1. The summed E-state index contributed by atoms with van der Waals surface area (Å²) in [4.78, 5) is 20.0. The number of unbranched alkanes of at least 4 members (excludes halogenated alkanes) is 6. The number of amides is 1. The van der Waals surface area contributed by atoms with E-state index < -0.39 is 0 Å². The van der Waals surface area contributed by atoms with Gasteiger partial charge in [-0.1, -0.05) is 64.0 Å². The first kappa shape index (κ1) is 25.1. The quantitative estimate of drug-likeness (QED) is 0.276. The normalized spacial score (nSPS) is 11.2. The molecule has 33 heavy (non-hydrogen) atoms. The van der Waals surface area contributed by atoms with Gasteiger partial charge in [0.25, 0.3) is 0 Å². The van der Waals surface area contributed by atoms with Gasteiger partial charge in [0.1, 0.15) is 0 Å². The molecular formula is C27H36ClN3O2. The van der Waals surface area contributed by atoms with Gasteiger partial charge in [-0.15, -0.1) is 0 Å². The van der Waals surface area contributed by atoms with Crippen LogP contribution in [-0.4, -0.2) is 38.6 Å². The number of aromatic hydroxyl groups is 1. The highest BCUT2D eigenvalue weighted by Crippen LogP contribution is 2.34. The lowest BCUT2D eigenvalue weighted by Crippen LogP contribution is -2.34. The molecule has 0 atom stereocenters. The van der Waals surface area contributed by atoms with Gasteiger partial charge in [-0.05, 0) is 49.2 Å². The van der Waals surface area contributed by atoms with Crippen LogP contribution in [0.25, 0.3) is 16.6 Å². The van der Waals surface area contributed by atoms with E-state index in [4.69, 9.17) is 11.6 Å². The number of pyridine rings is 1. The van der Waals surface area contributed by atoms with Crippen LogP contribution in [0.15, 0.2) is 42.6 Å². The zero-order chi connectivity index (χ0) is 23.6. The summed E-state index contributed by atoms with van der Waals surface area (Å²) in [6.45, 7) is 5.96. The summed E-state index contributed by atoms with van der Waals surface area (Å²) in [6.07, 6.45) is 11.0. The smallest absolute Gasteiger partial charge is 0.228 e. The Morgan fingerprint density at radius 2 is 1.61 bits per heavy atom. The molecule has 0 saturated carbocycles. The van der Waals surface area contributed by atoms with E-state index in [1.54, 1.807) is 29.0 Å². The van der Waals surface area contributed by atoms with Crippen LogP contribution in [-0.2, 0) is 11.2 Å². The van der Waals surface area contributed by atoms with Crippen LogP contribution in [0.4, 0.5) is 0 Å². The van der Waals surface area contributed by atoms with Crippen molar-refractivity contribution in [3.8, 4) is 11.6 Å². The average molecular weight is 470 g/mol. The molecule has 3 rings (SSSR count). The largest absolute Gasteiger partial charge is 0.494 e. The molecule has 0 spiro atoms. The van der Waals surface area contributed by atoms with Gasteiger partial charge in [0, 0.05) is 30.0 Å². The number of hydrogen-bond donors (Lipinski definition) is 1. The second-order valence-electron chi connectivity index (χ2n) is 8.66. The number of nitrogens with zero attached hydrogens (tertiary/aromatic N) is 3. The average Bonchev–Trinajstić information content (AvgIpc) is 3.10. The highest BCUT2D eigenvalue weighted by atomic mass is 35.5. The first-order chi connectivity index (χ1) is 16.1. The lowest BCUT2D eigenvalue weighted by Gasteiger charge is -2.23. The van der Waals surface area contributed by atoms with E-state index in [-0.39, 0.29) is 18.2 Å². The van der Waals surface area contributed by atoms with Crippen LogP contribution < -0.4 is 0 Å². The van der Waals surface area contributed by atoms with Gasteiger partial charge in [0.15, 0.2) is 0 Å². The number of carbonyl (C=O) groups excluding carboxylic acids is 1. The van der Waals surface area contributed by atoms with Crippen LogP contribution >= 0.6 is 11.6 Å². The summed E-state index contributed by atoms with van der Waals surface area (Å²) < 4.78 is 1.73. The van der Waals surface area contributed by atoms with E-state index >= 15 is 0 Å². The number of hydrogen-bond acceptors (Lipinski definition) is 3. The van der Waals surface area contributed by atoms with Crippen LogP contribution in [0.5, 0.6) is 5.88 Å². The highest BCUT2D eigenvalue weighted by molar-refractivity contribution is 6.30. The topological polar surface area (TPSA) is 58.4 Å². The fraction of sp³-hybridized carbons (Fsp3) is 0.481. The Morgan fingerprint density at radius 3 is 2.21 bits per heavy atom. The number of carbonyl (C=O) groups is 1. The van der Waals surface area contributed by atoms with Crippen LogP contribution in [0.1, 0.15) is 70.9 Å². The molecule has 0 saturated heterocycles. The highest BCUT2D eigenvalue weighted by Gasteiger charge is 2.23. The Labute approximate surface area is 202 Å². The van der Waals surface area contributed by atoms with Gasteiger partial charge in [0.2, 0.25) is 11.8 Å². The van der Waals surface area contributed by atoms with Crippen LogP contribution in [0.3, 0.4) is 0 Å².